The second-order valence-electron chi connectivity index (χ2n) is 18.3. The summed E-state index contributed by atoms with van der Waals surface area (Å²) in [4.78, 5) is 128. The highest BCUT2D eigenvalue weighted by molar-refractivity contribution is 5.98. The number of hydrogen-bond donors (Lipinski definition) is 15. The zero-order valence-electron chi connectivity index (χ0n) is 42.3. The lowest BCUT2D eigenvalue weighted by Crippen LogP contribution is -2.60. The van der Waals surface area contributed by atoms with E-state index in [0.717, 1.165) is 10.9 Å². The number of guanidine groups is 1. The monoisotopic (exact) mass is 1030 g/mol. The van der Waals surface area contributed by atoms with Gasteiger partial charge in [-0.05, 0) is 69.1 Å². The number of carbonyl (C=O) groups excluding carboxylic acids is 9. The van der Waals surface area contributed by atoms with Crippen LogP contribution >= 0.6 is 0 Å². The Kier molecular flexibility index (Phi) is 23.8. The Balaban J connectivity index is 1.76. The second-order valence-corrected chi connectivity index (χ2v) is 18.3. The molecule has 74 heavy (non-hydrogen) atoms. The van der Waals surface area contributed by atoms with Gasteiger partial charge in [-0.25, -0.2) is 0 Å². The summed E-state index contributed by atoms with van der Waals surface area (Å²) in [5.41, 5.74) is 13.4. The molecule has 9 amide bonds. The van der Waals surface area contributed by atoms with Crippen LogP contribution in [0.25, 0.3) is 10.9 Å². The van der Waals surface area contributed by atoms with Crippen molar-refractivity contribution in [1.82, 2.24) is 58.2 Å². The number of carbonyl (C=O) groups is 9. The first kappa shape index (κ1) is 58.5. The van der Waals surface area contributed by atoms with E-state index in [-0.39, 0.29) is 95.6 Å². The van der Waals surface area contributed by atoms with E-state index in [2.05, 4.69) is 58.2 Å². The van der Waals surface area contributed by atoms with Crippen LogP contribution in [-0.2, 0) is 56.0 Å². The molecular weight excluding hydrogens is 955 g/mol. The number of unbranched alkanes of at least 4 members (excludes halogenated alkanes) is 1. The van der Waals surface area contributed by atoms with Crippen LogP contribution in [0.4, 0.5) is 0 Å². The summed E-state index contributed by atoms with van der Waals surface area (Å²) in [6, 6.07) is 6.80. The van der Waals surface area contributed by atoms with Crippen LogP contribution in [-0.4, -0.2) is 132 Å². The van der Waals surface area contributed by atoms with Crippen molar-refractivity contribution in [2.24, 2.45) is 11.5 Å². The highest BCUT2D eigenvalue weighted by Crippen LogP contribution is 2.19. The van der Waals surface area contributed by atoms with Gasteiger partial charge in [-0.15, -0.1) is 0 Å². The van der Waals surface area contributed by atoms with E-state index in [1.165, 1.54) is 13.8 Å². The molecule has 4 rings (SSSR count). The van der Waals surface area contributed by atoms with Crippen LogP contribution in [0.1, 0.15) is 96.1 Å². The Morgan fingerprint density at radius 1 is 0.730 bits per heavy atom. The lowest BCUT2D eigenvalue weighted by molar-refractivity contribution is -0.136. The van der Waals surface area contributed by atoms with Crippen LogP contribution in [0.2, 0.25) is 0 Å². The minimum absolute atomic E-state index is 0.0142. The molecule has 3 aromatic rings. The maximum absolute atomic E-state index is 14.6. The predicted molar refractivity (Wildman–Crippen MR) is 277 cm³/mol. The number of aromatic amines is 1. The molecule has 0 saturated carbocycles. The van der Waals surface area contributed by atoms with Crippen LogP contribution in [0.3, 0.4) is 0 Å². The van der Waals surface area contributed by atoms with Crippen molar-refractivity contribution in [3.8, 4) is 0 Å². The van der Waals surface area contributed by atoms with Gasteiger partial charge < -0.3 is 69.6 Å². The molecule has 7 atom stereocenters. The summed E-state index contributed by atoms with van der Waals surface area (Å²) < 4.78 is 0. The third-order valence-corrected chi connectivity index (χ3v) is 12.2. The van der Waals surface area contributed by atoms with Gasteiger partial charge in [0.25, 0.3) is 0 Å². The Hall–Kier alpha value is -8.05. The number of para-hydroxylation sites is 1. The van der Waals surface area contributed by atoms with Crippen molar-refractivity contribution >= 4 is 75.9 Å². The molecule has 0 unspecified atom stereocenters. The summed E-state index contributed by atoms with van der Waals surface area (Å²) >= 11 is 0. The number of benzene rings is 2. The van der Waals surface area contributed by atoms with Crippen molar-refractivity contribution < 1.29 is 43.2 Å². The molecule has 1 aromatic heterocycles. The highest BCUT2D eigenvalue weighted by Gasteiger charge is 2.35. The van der Waals surface area contributed by atoms with Gasteiger partial charge >= 0.3 is 0 Å². The van der Waals surface area contributed by atoms with Crippen LogP contribution < -0.4 is 64.6 Å². The normalized spacial score (nSPS) is 20.0. The van der Waals surface area contributed by atoms with Gasteiger partial charge in [-0.2, -0.15) is 0 Å². The molecular formula is C50H73N15O9. The van der Waals surface area contributed by atoms with Crippen molar-refractivity contribution in [2.45, 2.75) is 140 Å². The van der Waals surface area contributed by atoms with Crippen LogP contribution in [0.15, 0.2) is 60.8 Å². The second kappa shape index (κ2) is 30.1. The zero-order valence-corrected chi connectivity index (χ0v) is 42.3. The molecule has 2 heterocycles. The number of fused-ring (bicyclic) bond motifs is 1. The van der Waals surface area contributed by atoms with Gasteiger partial charge in [0.2, 0.25) is 53.2 Å². The van der Waals surface area contributed by atoms with Gasteiger partial charge in [-0.1, -0.05) is 68.3 Å². The van der Waals surface area contributed by atoms with Crippen molar-refractivity contribution in [3.63, 3.8) is 0 Å². The largest absolute Gasteiger partial charge is 0.374 e. The first-order valence-electron chi connectivity index (χ1n) is 25.0. The minimum atomic E-state index is -1.44. The molecule has 0 aliphatic carbocycles. The summed E-state index contributed by atoms with van der Waals surface area (Å²) in [7, 11) is 0. The maximum atomic E-state index is 14.6. The number of amides is 9. The Morgan fingerprint density at radius 3 is 2.00 bits per heavy atom. The molecule has 0 radical (unpaired) electrons. The number of rotatable bonds is 21. The molecule has 0 bridgehead atoms. The van der Waals surface area contributed by atoms with Gasteiger partial charge in [0.1, 0.15) is 42.3 Å². The molecule has 402 valence electrons. The third kappa shape index (κ3) is 19.9. The summed E-state index contributed by atoms with van der Waals surface area (Å²) in [5.74, 6) is -6.97. The van der Waals surface area contributed by atoms with Gasteiger partial charge in [0, 0.05) is 62.9 Å². The van der Waals surface area contributed by atoms with Crippen molar-refractivity contribution in [1.29, 1.82) is 10.8 Å². The molecule has 1 aliphatic heterocycles. The maximum Gasteiger partial charge on any atom is 0.243 e. The van der Waals surface area contributed by atoms with Gasteiger partial charge in [0.05, 0.1) is 5.84 Å². The Bertz CT molecular complexity index is 2450. The minimum Gasteiger partial charge on any atom is -0.374 e. The number of nitrogens with one attached hydrogen (secondary N) is 13. The molecule has 24 heteroatoms. The number of H-pyrrole nitrogens is 1. The standard InChI is InChI=1S/C50H73N15O9/c1-4-5-16-35(59-30(3)66)44(69)62-38-20-21-42(67)56-25-22-39(48(73)64-40(43(52)68)27-32-28-58-34-17-10-9-15-33(32)34)63-45(70)36(19-12-24-57-50(53)54)61-49(74)41(26-31-13-7-6-8-14-31)65-46(71)37(60-47(38)72)18-11-23-55-29(2)51/h6-10,13-15,17,28,35-41,58H,4-5,11-12,16,18-27H2,1-3H3,(H2,51,55)(H2,52,68)(H,56,67)(H,59,66)(H,60,72)(H,61,74)(H,62,69)(H,63,70)(H,64,73)(H,65,71)(H4,53,54,57)/t35-,36-,37-,38-,39-,40-,41+/m0/s1. The molecule has 2 aromatic carbocycles. The van der Waals surface area contributed by atoms with E-state index in [1.54, 1.807) is 36.5 Å². The number of aromatic nitrogens is 1. The van der Waals surface area contributed by atoms with E-state index in [9.17, 15) is 43.2 Å². The van der Waals surface area contributed by atoms with Crippen molar-refractivity contribution in [3.05, 3.63) is 71.9 Å². The quantitative estimate of drug-likeness (QED) is 0.0346. The molecule has 1 fully saturated rings. The number of nitrogens with two attached hydrogens (primary N) is 2. The highest BCUT2D eigenvalue weighted by atomic mass is 16.2. The summed E-state index contributed by atoms with van der Waals surface area (Å²) in [5, 5.41) is 43.2. The van der Waals surface area contributed by atoms with E-state index in [0.29, 0.717) is 24.0 Å². The third-order valence-electron chi connectivity index (χ3n) is 12.2. The molecule has 1 aliphatic rings. The average molecular weight is 1030 g/mol. The fourth-order valence-electron chi connectivity index (χ4n) is 8.26. The predicted octanol–water partition coefficient (Wildman–Crippen LogP) is -1.03. The van der Waals surface area contributed by atoms with E-state index in [1.807, 2.05) is 31.2 Å². The van der Waals surface area contributed by atoms with Crippen LogP contribution in [0.5, 0.6) is 0 Å². The molecule has 0 spiro atoms. The molecule has 24 nitrogen and oxygen atoms in total. The van der Waals surface area contributed by atoms with Gasteiger partial charge in [-0.3, -0.25) is 54.0 Å². The fourth-order valence-corrected chi connectivity index (χ4v) is 8.26. The van der Waals surface area contributed by atoms with Crippen molar-refractivity contribution in [2.75, 3.05) is 19.6 Å². The topological polar surface area (TPSA) is 389 Å². The SMILES string of the molecule is CCCC[C@H](NC(C)=O)C(=O)N[C@H]1CCC(=O)NCC[C@@H](C(=O)N[C@@H](Cc2c[nH]c3ccccc23)C(N)=O)NC(=O)[C@H](CCCNC(=N)N)NC(=O)[C@@H](Cc2ccccc2)NC(=O)[C@H](CCCNC(C)=N)NC1=O. The average Bonchev–Trinajstić information content (AvgIpc) is 3.76. The molecule has 17 N–H and O–H groups in total. The number of hydrogen-bond acceptors (Lipinski definition) is 11. The summed E-state index contributed by atoms with van der Waals surface area (Å²) in [6.45, 7) is 4.81. The smallest absolute Gasteiger partial charge is 0.243 e. The number of amidine groups is 1. The zero-order chi connectivity index (χ0) is 54.2. The van der Waals surface area contributed by atoms with E-state index < -0.39 is 95.5 Å². The van der Waals surface area contributed by atoms with Crippen LogP contribution in [0, 0.1) is 10.8 Å². The lowest BCUT2D eigenvalue weighted by Gasteiger charge is -2.28. The van der Waals surface area contributed by atoms with E-state index in [4.69, 9.17) is 22.3 Å². The van der Waals surface area contributed by atoms with E-state index >= 15 is 0 Å². The molecule has 1 saturated heterocycles. The Morgan fingerprint density at radius 2 is 1.35 bits per heavy atom. The summed E-state index contributed by atoms with van der Waals surface area (Å²) in [6.07, 6.45) is 2.55. The fraction of sp³-hybridized carbons (Fsp3) is 0.500. The lowest BCUT2D eigenvalue weighted by atomic mass is 10.0. The first-order valence-corrected chi connectivity index (χ1v) is 25.0. The Labute approximate surface area is 430 Å². The number of primary amides is 1. The van der Waals surface area contributed by atoms with Gasteiger partial charge in [0.15, 0.2) is 5.96 Å². The first-order chi connectivity index (χ1) is 35.3.